The van der Waals surface area contributed by atoms with E-state index in [1.54, 1.807) is 4.90 Å². The standard InChI is InChI=1S/C16H21F2N3O.ClH/c17-13-2-1-12(15(18)10-13)9-16(22)21-6-3-14(11-21)20-7-4-19-5-8-20;/h1-2,10,14,19H,3-9,11H2;1H. The van der Waals surface area contributed by atoms with Crippen LogP contribution in [0.5, 0.6) is 0 Å². The summed E-state index contributed by atoms with van der Waals surface area (Å²) in [6.07, 6.45) is 0.970. The minimum absolute atomic E-state index is 0. The molecule has 0 aromatic heterocycles. The number of piperazine rings is 1. The molecular weight excluding hydrogens is 324 g/mol. The number of benzene rings is 1. The van der Waals surface area contributed by atoms with Crippen molar-refractivity contribution in [1.82, 2.24) is 15.1 Å². The fourth-order valence-electron chi connectivity index (χ4n) is 3.25. The summed E-state index contributed by atoms with van der Waals surface area (Å²) in [7, 11) is 0. The van der Waals surface area contributed by atoms with Crippen molar-refractivity contribution < 1.29 is 13.6 Å². The van der Waals surface area contributed by atoms with Gasteiger partial charge in [0.05, 0.1) is 6.42 Å². The molecule has 7 heteroatoms. The molecule has 1 aromatic carbocycles. The molecule has 2 saturated heterocycles. The van der Waals surface area contributed by atoms with Crippen molar-refractivity contribution in [2.75, 3.05) is 39.3 Å². The molecule has 2 aliphatic rings. The Morgan fingerprint density at radius 2 is 1.96 bits per heavy atom. The van der Waals surface area contributed by atoms with Crippen LogP contribution in [-0.4, -0.2) is 61.0 Å². The van der Waals surface area contributed by atoms with Crippen molar-refractivity contribution in [2.45, 2.75) is 18.9 Å². The van der Waals surface area contributed by atoms with Gasteiger partial charge in [0.15, 0.2) is 0 Å². The second-order valence-electron chi connectivity index (χ2n) is 5.98. The van der Waals surface area contributed by atoms with Gasteiger partial charge in [-0.05, 0) is 18.1 Å². The van der Waals surface area contributed by atoms with Crippen LogP contribution in [0.3, 0.4) is 0 Å². The van der Waals surface area contributed by atoms with Crippen molar-refractivity contribution in [2.24, 2.45) is 0 Å². The van der Waals surface area contributed by atoms with Crippen molar-refractivity contribution in [3.8, 4) is 0 Å². The number of amides is 1. The van der Waals surface area contributed by atoms with Crippen LogP contribution < -0.4 is 5.32 Å². The van der Waals surface area contributed by atoms with E-state index in [0.29, 0.717) is 12.6 Å². The van der Waals surface area contributed by atoms with Gasteiger partial charge in [-0.25, -0.2) is 8.78 Å². The summed E-state index contributed by atoms with van der Waals surface area (Å²) in [5, 5.41) is 3.32. The summed E-state index contributed by atoms with van der Waals surface area (Å²) in [5.41, 5.74) is 0.261. The molecule has 1 unspecified atom stereocenters. The zero-order chi connectivity index (χ0) is 15.5. The largest absolute Gasteiger partial charge is 0.341 e. The minimum Gasteiger partial charge on any atom is -0.341 e. The topological polar surface area (TPSA) is 35.6 Å². The first kappa shape index (κ1) is 18.1. The predicted octanol–water partition coefficient (Wildman–Crippen LogP) is 1.44. The van der Waals surface area contributed by atoms with Crippen LogP contribution in [0.25, 0.3) is 0 Å². The van der Waals surface area contributed by atoms with E-state index in [4.69, 9.17) is 0 Å². The molecule has 0 bridgehead atoms. The lowest BCUT2D eigenvalue weighted by molar-refractivity contribution is -0.129. The van der Waals surface area contributed by atoms with Crippen LogP contribution >= 0.6 is 12.4 Å². The van der Waals surface area contributed by atoms with Gasteiger partial charge in [-0.2, -0.15) is 0 Å². The van der Waals surface area contributed by atoms with Gasteiger partial charge in [0, 0.05) is 51.4 Å². The SMILES string of the molecule is Cl.O=C(Cc1ccc(F)cc1F)N1CCC(N2CCNCC2)C1. The van der Waals surface area contributed by atoms with Crippen LogP contribution in [0.4, 0.5) is 8.78 Å². The molecule has 23 heavy (non-hydrogen) atoms. The highest BCUT2D eigenvalue weighted by molar-refractivity contribution is 5.85. The van der Waals surface area contributed by atoms with E-state index in [9.17, 15) is 13.6 Å². The molecule has 2 heterocycles. The van der Waals surface area contributed by atoms with Gasteiger partial charge in [0.25, 0.3) is 0 Å². The van der Waals surface area contributed by atoms with Crippen molar-refractivity contribution >= 4 is 18.3 Å². The quantitative estimate of drug-likeness (QED) is 0.900. The first-order chi connectivity index (χ1) is 10.6. The maximum absolute atomic E-state index is 13.6. The van der Waals surface area contributed by atoms with E-state index in [-0.39, 0.29) is 30.3 Å². The Morgan fingerprint density at radius 1 is 1.22 bits per heavy atom. The summed E-state index contributed by atoms with van der Waals surface area (Å²) >= 11 is 0. The number of carbonyl (C=O) groups excluding carboxylic acids is 1. The van der Waals surface area contributed by atoms with E-state index < -0.39 is 11.6 Å². The number of rotatable bonds is 3. The molecule has 2 fully saturated rings. The van der Waals surface area contributed by atoms with Gasteiger partial charge >= 0.3 is 0 Å². The Kier molecular flexibility index (Phi) is 6.33. The molecule has 2 aliphatic heterocycles. The fourth-order valence-corrected chi connectivity index (χ4v) is 3.25. The molecule has 0 aliphatic carbocycles. The molecule has 0 radical (unpaired) electrons. The summed E-state index contributed by atoms with van der Waals surface area (Å²) < 4.78 is 26.5. The van der Waals surface area contributed by atoms with Gasteiger partial charge in [-0.15, -0.1) is 12.4 Å². The summed E-state index contributed by atoms with van der Waals surface area (Å²) in [6, 6.07) is 3.78. The molecule has 1 N–H and O–H groups in total. The van der Waals surface area contributed by atoms with Crippen molar-refractivity contribution in [3.05, 3.63) is 35.4 Å². The molecule has 1 atom stereocenters. The van der Waals surface area contributed by atoms with Crippen LogP contribution in [-0.2, 0) is 11.2 Å². The van der Waals surface area contributed by atoms with Crippen molar-refractivity contribution in [3.63, 3.8) is 0 Å². The lowest BCUT2D eigenvalue weighted by atomic mass is 10.1. The van der Waals surface area contributed by atoms with Gasteiger partial charge in [0.2, 0.25) is 5.91 Å². The Bertz CT molecular complexity index is 552. The van der Waals surface area contributed by atoms with Gasteiger partial charge < -0.3 is 10.2 Å². The third-order valence-electron chi connectivity index (χ3n) is 4.54. The molecule has 1 amide bonds. The van der Waals surface area contributed by atoms with Gasteiger partial charge in [0.1, 0.15) is 11.6 Å². The third-order valence-corrected chi connectivity index (χ3v) is 4.54. The first-order valence-electron chi connectivity index (χ1n) is 7.80. The van der Waals surface area contributed by atoms with E-state index in [1.165, 1.54) is 12.1 Å². The Balaban J connectivity index is 0.00000192. The molecule has 3 rings (SSSR count). The lowest BCUT2D eigenvalue weighted by Gasteiger charge is -2.32. The molecule has 0 saturated carbocycles. The van der Waals surface area contributed by atoms with Gasteiger partial charge in [-0.3, -0.25) is 9.69 Å². The zero-order valence-corrected chi connectivity index (χ0v) is 13.7. The smallest absolute Gasteiger partial charge is 0.227 e. The Hall–Kier alpha value is -1.24. The number of carbonyl (C=O) groups is 1. The van der Waals surface area contributed by atoms with Gasteiger partial charge in [-0.1, -0.05) is 6.07 Å². The highest BCUT2D eigenvalue weighted by atomic mass is 35.5. The maximum atomic E-state index is 13.6. The van der Waals surface area contributed by atoms with E-state index in [0.717, 1.165) is 45.2 Å². The summed E-state index contributed by atoms with van der Waals surface area (Å²) in [4.78, 5) is 16.5. The molecular formula is C16H22ClF2N3O. The normalized spacial score (nSPS) is 22.0. The molecule has 0 spiro atoms. The highest BCUT2D eigenvalue weighted by Gasteiger charge is 2.31. The summed E-state index contributed by atoms with van der Waals surface area (Å²) in [6.45, 7) is 5.44. The monoisotopic (exact) mass is 345 g/mol. The highest BCUT2D eigenvalue weighted by Crippen LogP contribution is 2.18. The van der Waals surface area contributed by atoms with E-state index in [1.807, 2.05) is 0 Å². The van der Waals surface area contributed by atoms with E-state index >= 15 is 0 Å². The predicted molar refractivity (Wildman–Crippen MR) is 86.7 cm³/mol. The Morgan fingerprint density at radius 3 is 2.65 bits per heavy atom. The minimum atomic E-state index is -0.647. The zero-order valence-electron chi connectivity index (χ0n) is 12.9. The average molecular weight is 346 g/mol. The molecule has 128 valence electrons. The number of likely N-dealkylation sites (tertiary alicyclic amines) is 1. The second kappa shape index (κ2) is 8.04. The van der Waals surface area contributed by atoms with Crippen molar-refractivity contribution in [1.29, 1.82) is 0 Å². The average Bonchev–Trinajstić information content (AvgIpc) is 3.01. The lowest BCUT2D eigenvalue weighted by Crippen LogP contribution is -2.49. The third kappa shape index (κ3) is 4.40. The number of nitrogens with zero attached hydrogens (tertiary/aromatic N) is 2. The number of nitrogens with one attached hydrogen (secondary N) is 1. The van der Waals surface area contributed by atoms with E-state index in [2.05, 4.69) is 10.2 Å². The summed E-state index contributed by atoms with van der Waals surface area (Å²) in [5.74, 6) is -1.34. The molecule has 4 nitrogen and oxygen atoms in total. The number of hydrogen-bond donors (Lipinski definition) is 1. The Labute approximate surface area is 141 Å². The van der Waals surface area contributed by atoms with Crippen LogP contribution in [0, 0.1) is 11.6 Å². The molecule has 1 aromatic rings. The second-order valence-corrected chi connectivity index (χ2v) is 5.98. The van der Waals surface area contributed by atoms with Crippen LogP contribution in [0.15, 0.2) is 18.2 Å². The number of halogens is 3. The fraction of sp³-hybridized carbons (Fsp3) is 0.562. The number of hydrogen-bond acceptors (Lipinski definition) is 3. The first-order valence-corrected chi connectivity index (χ1v) is 7.80. The van der Waals surface area contributed by atoms with Crippen LogP contribution in [0.1, 0.15) is 12.0 Å². The maximum Gasteiger partial charge on any atom is 0.227 e. The van der Waals surface area contributed by atoms with Crippen LogP contribution in [0.2, 0.25) is 0 Å².